The third-order valence-electron chi connectivity index (χ3n) is 3.30. The second kappa shape index (κ2) is 8.97. The molecule has 0 saturated carbocycles. The number of para-hydroxylation sites is 2. The Balaban J connectivity index is 2.33. The van der Waals surface area contributed by atoms with E-state index >= 15 is 0 Å². The van der Waals surface area contributed by atoms with Crippen LogP contribution in [0.5, 0.6) is 0 Å². The average Bonchev–Trinajstić information content (AvgIpc) is 2.62. The van der Waals surface area contributed by atoms with Gasteiger partial charge in [-0.15, -0.1) is 0 Å². The molecule has 0 atom stereocenters. The SMILES string of the molecule is C/C=N\N(Cc1ccccc1)/C(=C/C=O)Nc1ccccc1[N+](=O)[O-]. The number of nitrogens with one attached hydrogen (secondary N) is 1. The number of carbonyl (C=O) groups excluding carboxylic acids is 1. The second-order valence-corrected chi connectivity index (χ2v) is 5.00. The molecule has 0 fully saturated rings. The number of aldehydes is 1. The molecule has 0 saturated heterocycles. The molecule has 0 aromatic heterocycles. The second-order valence-electron chi connectivity index (χ2n) is 5.00. The van der Waals surface area contributed by atoms with Gasteiger partial charge in [-0.2, -0.15) is 5.10 Å². The number of nitro groups is 1. The van der Waals surface area contributed by atoms with Crippen molar-refractivity contribution in [2.45, 2.75) is 13.5 Å². The zero-order valence-corrected chi connectivity index (χ0v) is 13.7. The summed E-state index contributed by atoms with van der Waals surface area (Å²) in [6, 6.07) is 15.8. The van der Waals surface area contributed by atoms with Gasteiger partial charge in [0, 0.05) is 18.4 Å². The normalized spacial score (nSPS) is 11.3. The lowest BCUT2D eigenvalue weighted by Gasteiger charge is -2.23. The summed E-state index contributed by atoms with van der Waals surface area (Å²) in [6.07, 6.45) is 3.48. The largest absolute Gasteiger partial charge is 0.335 e. The van der Waals surface area contributed by atoms with Crippen molar-refractivity contribution >= 4 is 23.9 Å². The summed E-state index contributed by atoms with van der Waals surface area (Å²) >= 11 is 0. The van der Waals surface area contributed by atoms with Crippen molar-refractivity contribution < 1.29 is 9.72 Å². The van der Waals surface area contributed by atoms with Crippen LogP contribution in [0.4, 0.5) is 11.4 Å². The maximum absolute atomic E-state index is 11.2. The van der Waals surface area contributed by atoms with E-state index in [1.54, 1.807) is 36.3 Å². The quantitative estimate of drug-likeness (QED) is 0.261. The minimum Gasteiger partial charge on any atom is -0.335 e. The number of anilines is 1. The van der Waals surface area contributed by atoms with Crippen LogP contribution in [0.15, 0.2) is 71.6 Å². The third-order valence-corrected chi connectivity index (χ3v) is 3.30. The van der Waals surface area contributed by atoms with Gasteiger partial charge in [0.15, 0.2) is 0 Å². The van der Waals surface area contributed by atoms with Crippen LogP contribution in [0.3, 0.4) is 0 Å². The zero-order valence-electron chi connectivity index (χ0n) is 13.7. The molecule has 0 heterocycles. The minimum absolute atomic E-state index is 0.0839. The van der Waals surface area contributed by atoms with Gasteiger partial charge < -0.3 is 5.32 Å². The van der Waals surface area contributed by atoms with Crippen molar-refractivity contribution in [2.75, 3.05) is 5.32 Å². The summed E-state index contributed by atoms with van der Waals surface area (Å²) < 4.78 is 0. The first-order chi connectivity index (χ1) is 12.2. The molecule has 7 nitrogen and oxygen atoms in total. The van der Waals surface area contributed by atoms with E-state index in [0.717, 1.165) is 5.56 Å². The molecule has 0 unspecified atom stereocenters. The highest BCUT2D eigenvalue weighted by molar-refractivity contribution is 5.70. The molecule has 2 aromatic rings. The van der Waals surface area contributed by atoms with Crippen LogP contribution in [-0.2, 0) is 11.3 Å². The fourth-order valence-corrected chi connectivity index (χ4v) is 2.22. The lowest BCUT2D eigenvalue weighted by molar-refractivity contribution is -0.383. The molecule has 0 aliphatic rings. The smallest absolute Gasteiger partial charge is 0.292 e. The monoisotopic (exact) mass is 338 g/mol. The fraction of sp³-hybridized carbons (Fsp3) is 0.111. The summed E-state index contributed by atoms with van der Waals surface area (Å²) in [7, 11) is 0. The van der Waals surface area contributed by atoms with Crippen molar-refractivity contribution in [3.63, 3.8) is 0 Å². The molecule has 2 aromatic carbocycles. The maximum Gasteiger partial charge on any atom is 0.292 e. The van der Waals surface area contributed by atoms with Crippen LogP contribution < -0.4 is 5.32 Å². The zero-order chi connectivity index (χ0) is 18.1. The summed E-state index contributed by atoms with van der Waals surface area (Å²) in [4.78, 5) is 21.8. The number of rotatable bonds is 8. The van der Waals surface area contributed by atoms with Crippen molar-refractivity contribution in [1.82, 2.24) is 5.01 Å². The molecule has 0 bridgehead atoms. The maximum atomic E-state index is 11.2. The number of hydrogen-bond donors (Lipinski definition) is 1. The van der Waals surface area contributed by atoms with Gasteiger partial charge in [-0.1, -0.05) is 42.5 Å². The topological polar surface area (TPSA) is 87.8 Å². The van der Waals surface area contributed by atoms with Gasteiger partial charge in [-0.05, 0) is 18.6 Å². The van der Waals surface area contributed by atoms with E-state index < -0.39 is 4.92 Å². The van der Waals surface area contributed by atoms with Crippen LogP contribution in [0.25, 0.3) is 0 Å². The van der Waals surface area contributed by atoms with Crippen LogP contribution in [0.1, 0.15) is 12.5 Å². The highest BCUT2D eigenvalue weighted by Gasteiger charge is 2.16. The molecular weight excluding hydrogens is 320 g/mol. The van der Waals surface area contributed by atoms with Gasteiger partial charge in [-0.25, -0.2) is 5.01 Å². The molecule has 0 aliphatic heterocycles. The van der Waals surface area contributed by atoms with E-state index in [9.17, 15) is 14.9 Å². The summed E-state index contributed by atoms with van der Waals surface area (Å²) in [5, 5.41) is 19.9. The van der Waals surface area contributed by atoms with Gasteiger partial charge in [0.2, 0.25) is 0 Å². The van der Waals surface area contributed by atoms with Gasteiger partial charge in [0.25, 0.3) is 5.69 Å². The number of benzene rings is 2. The van der Waals surface area contributed by atoms with E-state index in [1.165, 1.54) is 12.1 Å². The first kappa shape index (κ1) is 17.9. The third kappa shape index (κ3) is 5.00. The van der Waals surface area contributed by atoms with Gasteiger partial charge in [-0.3, -0.25) is 14.9 Å². The molecule has 128 valence electrons. The highest BCUT2D eigenvalue weighted by Crippen LogP contribution is 2.26. The van der Waals surface area contributed by atoms with Crippen LogP contribution in [-0.4, -0.2) is 22.4 Å². The van der Waals surface area contributed by atoms with E-state index in [1.807, 2.05) is 30.3 Å². The number of hydrogen-bond acceptors (Lipinski definition) is 6. The molecule has 0 aliphatic carbocycles. The summed E-state index contributed by atoms with van der Waals surface area (Å²) in [6.45, 7) is 2.15. The van der Waals surface area contributed by atoms with E-state index in [4.69, 9.17) is 0 Å². The Bertz CT molecular complexity index is 788. The Hall–Kier alpha value is -3.48. The van der Waals surface area contributed by atoms with Crippen molar-refractivity contribution in [1.29, 1.82) is 0 Å². The minimum atomic E-state index is -0.481. The standard InChI is InChI=1S/C18H18N4O3/c1-2-19-21(14-15-8-4-3-5-9-15)18(12-13-23)20-16-10-6-7-11-17(16)22(24)25/h2-13,20H,14H2,1H3/b18-12+,19-2-. The van der Waals surface area contributed by atoms with Crippen molar-refractivity contribution in [3.8, 4) is 0 Å². The van der Waals surface area contributed by atoms with Crippen LogP contribution in [0.2, 0.25) is 0 Å². The summed E-state index contributed by atoms with van der Waals surface area (Å²) in [5.41, 5.74) is 1.18. The number of nitrogens with zero attached hydrogens (tertiary/aromatic N) is 3. The number of carbonyl (C=O) groups is 1. The van der Waals surface area contributed by atoms with Crippen LogP contribution >= 0.6 is 0 Å². The summed E-state index contributed by atoms with van der Waals surface area (Å²) in [5.74, 6) is 0.339. The van der Waals surface area contributed by atoms with E-state index in [2.05, 4.69) is 10.4 Å². The lowest BCUT2D eigenvalue weighted by Crippen LogP contribution is -2.22. The molecule has 0 amide bonds. The van der Waals surface area contributed by atoms with Gasteiger partial charge in [0.05, 0.1) is 11.5 Å². The lowest BCUT2D eigenvalue weighted by atomic mass is 10.2. The molecular formula is C18H18N4O3. The van der Waals surface area contributed by atoms with Gasteiger partial charge >= 0.3 is 0 Å². The van der Waals surface area contributed by atoms with E-state index in [0.29, 0.717) is 18.7 Å². The predicted molar refractivity (Wildman–Crippen MR) is 97.0 cm³/mol. The van der Waals surface area contributed by atoms with Crippen molar-refractivity contribution in [2.24, 2.45) is 5.10 Å². The first-order valence-corrected chi connectivity index (χ1v) is 7.61. The molecule has 1 N–H and O–H groups in total. The Labute approximate surface area is 145 Å². The molecule has 7 heteroatoms. The molecule has 0 radical (unpaired) electrons. The Morgan fingerprint density at radius 1 is 1.20 bits per heavy atom. The predicted octanol–water partition coefficient (Wildman–Crippen LogP) is 3.55. The Kier molecular flexibility index (Phi) is 6.41. The number of hydrazone groups is 1. The van der Waals surface area contributed by atoms with Gasteiger partial charge in [0.1, 0.15) is 17.8 Å². The van der Waals surface area contributed by atoms with E-state index in [-0.39, 0.29) is 11.4 Å². The first-order valence-electron chi connectivity index (χ1n) is 7.61. The Morgan fingerprint density at radius 3 is 2.52 bits per heavy atom. The fourth-order valence-electron chi connectivity index (χ4n) is 2.22. The number of allylic oxidation sites excluding steroid dienone is 1. The Morgan fingerprint density at radius 2 is 1.88 bits per heavy atom. The number of nitro benzene ring substituents is 1. The molecule has 25 heavy (non-hydrogen) atoms. The highest BCUT2D eigenvalue weighted by atomic mass is 16.6. The molecule has 0 spiro atoms. The van der Waals surface area contributed by atoms with Crippen LogP contribution in [0, 0.1) is 10.1 Å². The van der Waals surface area contributed by atoms with Crippen molar-refractivity contribution in [3.05, 3.63) is 82.2 Å². The molecule has 2 rings (SSSR count). The average molecular weight is 338 g/mol.